The average Bonchev–Trinajstić information content (AvgIpc) is 2.10. The molecule has 2 heterocycles. The SMILES string of the molecule is C.C1CCCNCC1.C1COC1. The predicted octanol–water partition coefficient (Wildman–Crippen LogP) is 2.19. The summed E-state index contributed by atoms with van der Waals surface area (Å²) in [6.45, 7) is 4.50. The fourth-order valence-corrected chi connectivity index (χ4v) is 1.12. The molecule has 0 aliphatic carbocycles. The molecule has 0 radical (unpaired) electrons. The molecule has 0 aromatic rings. The van der Waals surface area contributed by atoms with E-state index in [2.05, 4.69) is 5.32 Å². The third kappa shape index (κ3) is 6.62. The van der Waals surface area contributed by atoms with E-state index in [1.165, 1.54) is 45.2 Å². The molecule has 2 rings (SSSR count). The van der Waals surface area contributed by atoms with Gasteiger partial charge in [-0.15, -0.1) is 0 Å². The summed E-state index contributed by atoms with van der Waals surface area (Å²) in [4.78, 5) is 0. The molecule has 74 valence electrons. The Labute approximate surface area is 76.7 Å². The first-order valence-electron chi connectivity index (χ1n) is 4.78. The Bertz CT molecular complexity index is 58.3. The summed E-state index contributed by atoms with van der Waals surface area (Å²) in [5.74, 6) is 0. The van der Waals surface area contributed by atoms with Crippen molar-refractivity contribution in [3.05, 3.63) is 0 Å². The van der Waals surface area contributed by atoms with E-state index in [4.69, 9.17) is 4.74 Å². The van der Waals surface area contributed by atoms with Crippen LogP contribution in [0.3, 0.4) is 0 Å². The molecule has 0 unspecified atom stereocenters. The Morgan fingerprint density at radius 3 is 1.50 bits per heavy atom. The van der Waals surface area contributed by atoms with Gasteiger partial charge in [0.2, 0.25) is 0 Å². The van der Waals surface area contributed by atoms with Gasteiger partial charge in [0.15, 0.2) is 0 Å². The van der Waals surface area contributed by atoms with Crippen LogP contribution in [0.15, 0.2) is 0 Å². The van der Waals surface area contributed by atoms with Crippen molar-refractivity contribution in [2.45, 2.75) is 39.5 Å². The molecule has 1 N–H and O–H groups in total. The zero-order valence-electron chi connectivity index (χ0n) is 7.27. The van der Waals surface area contributed by atoms with Crippen molar-refractivity contribution in [2.24, 2.45) is 0 Å². The van der Waals surface area contributed by atoms with Gasteiger partial charge in [-0.05, 0) is 32.4 Å². The highest BCUT2D eigenvalue weighted by atomic mass is 16.5. The van der Waals surface area contributed by atoms with Crippen molar-refractivity contribution < 1.29 is 4.74 Å². The van der Waals surface area contributed by atoms with E-state index in [0.717, 1.165) is 13.2 Å². The summed E-state index contributed by atoms with van der Waals surface area (Å²) in [5, 5.41) is 3.35. The van der Waals surface area contributed by atoms with Crippen molar-refractivity contribution in [3.8, 4) is 0 Å². The third-order valence-electron chi connectivity index (χ3n) is 2.03. The van der Waals surface area contributed by atoms with Gasteiger partial charge in [0.25, 0.3) is 0 Å². The van der Waals surface area contributed by atoms with Crippen LogP contribution in [0.25, 0.3) is 0 Å². The zero-order chi connectivity index (χ0) is 7.78. The molecule has 2 heteroatoms. The lowest BCUT2D eigenvalue weighted by molar-refractivity contribution is 0.0367. The molecule has 0 bridgehead atoms. The molecule has 2 fully saturated rings. The molecule has 0 saturated carbocycles. The molecular weight excluding hydrogens is 150 g/mol. The summed E-state index contributed by atoms with van der Waals surface area (Å²) < 4.78 is 4.72. The highest BCUT2D eigenvalue weighted by molar-refractivity contribution is 4.54. The maximum absolute atomic E-state index is 4.72. The first-order chi connectivity index (χ1) is 5.50. The molecule has 0 atom stereocenters. The second-order valence-electron chi connectivity index (χ2n) is 3.13. The lowest BCUT2D eigenvalue weighted by Crippen LogP contribution is -2.12. The van der Waals surface area contributed by atoms with Crippen LogP contribution in [-0.2, 0) is 4.74 Å². The quantitative estimate of drug-likeness (QED) is 0.606. The summed E-state index contributed by atoms with van der Waals surface area (Å²) >= 11 is 0. The van der Waals surface area contributed by atoms with E-state index in [1.807, 2.05) is 0 Å². The number of rotatable bonds is 0. The lowest BCUT2D eigenvalue weighted by atomic mass is 10.2. The molecule has 0 spiro atoms. The van der Waals surface area contributed by atoms with Crippen molar-refractivity contribution >= 4 is 0 Å². The molecular formula is C10H23NO. The Morgan fingerprint density at radius 2 is 1.17 bits per heavy atom. The van der Waals surface area contributed by atoms with Crippen LogP contribution in [0, 0.1) is 0 Å². The highest BCUT2D eigenvalue weighted by Crippen LogP contribution is 2.00. The summed E-state index contributed by atoms with van der Waals surface area (Å²) in [5.41, 5.74) is 0. The maximum atomic E-state index is 4.72. The Hall–Kier alpha value is -0.0800. The molecule has 2 nitrogen and oxygen atoms in total. The minimum absolute atomic E-state index is 0. The second-order valence-corrected chi connectivity index (χ2v) is 3.13. The Balaban J connectivity index is 0.000000209. The lowest BCUT2D eigenvalue weighted by Gasteiger charge is -2.09. The summed E-state index contributed by atoms with van der Waals surface area (Å²) in [6.07, 6.45) is 6.93. The van der Waals surface area contributed by atoms with E-state index < -0.39 is 0 Å². The molecule has 0 amide bonds. The molecule has 0 aromatic carbocycles. The van der Waals surface area contributed by atoms with Gasteiger partial charge in [0, 0.05) is 13.2 Å². The van der Waals surface area contributed by atoms with Crippen molar-refractivity contribution in [1.29, 1.82) is 0 Å². The van der Waals surface area contributed by atoms with Crippen LogP contribution in [0.5, 0.6) is 0 Å². The van der Waals surface area contributed by atoms with Gasteiger partial charge in [0.1, 0.15) is 0 Å². The minimum atomic E-state index is 0. The summed E-state index contributed by atoms with van der Waals surface area (Å²) in [7, 11) is 0. The monoisotopic (exact) mass is 173 g/mol. The molecule has 0 aromatic heterocycles. The normalized spacial score (nSPS) is 22.0. The molecule has 2 aliphatic heterocycles. The highest BCUT2D eigenvalue weighted by Gasteiger charge is 1.94. The molecule has 12 heavy (non-hydrogen) atoms. The van der Waals surface area contributed by atoms with E-state index >= 15 is 0 Å². The first-order valence-corrected chi connectivity index (χ1v) is 4.78. The van der Waals surface area contributed by atoms with Gasteiger partial charge >= 0.3 is 0 Å². The summed E-state index contributed by atoms with van der Waals surface area (Å²) in [6, 6.07) is 0. The molecule has 2 saturated heterocycles. The van der Waals surface area contributed by atoms with E-state index in [1.54, 1.807) is 0 Å². The standard InChI is InChI=1S/C6H13N.C3H6O.CH4/c1-2-4-6-7-5-3-1;1-2-4-3-1;/h7H,1-6H2;1-3H2;1H4. The van der Waals surface area contributed by atoms with E-state index in [-0.39, 0.29) is 7.43 Å². The van der Waals surface area contributed by atoms with Crippen LogP contribution in [0.4, 0.5) is 0 Å². The van der Waals surface area contributed by atoms with Crippen molar-refractivity contribution in [3.63, 3.8) is 0 Å². The smallest absolute Gasteiger partial charge is 0.0488 e. The topological polar surface area (TPSA) is 21.3 Å². The Kier molecular flexibility index (Phi) is 8.95. The van der Waals surface area contributed by atoms with Crippen LogP contribution in [0.2, 0.25) is 0 Å². The maximum Gasteiger partial charge on any atom is 0.0488 e. The van der Waals surface area contributed by atoms with Gasteiger partial charge in [-0.3, -0.25) is 0 Å². The third-order valence-corrected chi connectivity index (χ3v) is 2.03. The molecule has 2 aliphatic rings. The average molecular weight is 173 g/mol. The Morgan fingerprint density at radius 1 is 0.750 bits per heavy atom. The predicted molar refractivity (Wildman–Crippen MR) is 53.5 cm³/mol. The number of hydrogen-bond donors (Lipinski definition) is 1. The zero-order valence-corrected chi connectivity index (χ0v) is 7.27. The van der Waals surface area contributed by atoms with Crippen LogP contribution >= 0.6 is 0 Å². The fraction of sp³-hybridized carbons (Fsp3) is 1.00. The van der Waals surface area contributed by atoms with Crippen LogP contribution in [0.1, 0.15) is 39.5 Å². The van der Waals surface area contributed by atoms with Gasteiger partial charge in [-0.1, -0.05) is 20.3 Å². The minimum Gasteiger partial charge on any atom is -0.381 e. The van der Waals surface area contributed by atoms with Gasteiger partial charge in [0.05, 0.1) is 0 Å². The largest absolute Gasteiger partial charge is 0.381 e. The van der Waals surface area contributed by atoms with Gasteiger partial charge in [-0.25, -0.2) is 0 Å². The fourth-order valence-electron chi connectivity index (χ4n) is 1.12. The van der Waals surface area contributed by atoms with Gasteiger partial charge in [-0.2, -0.15) is 0 Å². The number of hydrogen-bond acceptors (Lipinski definition) is 2. The van der Waals surface area contributed by atoms with Gasteiger partial charge < -0.3 is 10.1 Å². The van der Waals surface area contributed by atoms with E-state index in [9.17, 15) is 0 Å². The number of nitrogens with one attached hydrogen (secondary N) is 1. The van der Waals surface area contributed by atoms with E-state index in [0.29, 0.717) is 0 Å². The van der Waals surface area contributed by atoms with Crippen LogP contribution in [-0.4, -0.2) is 26.3 Å². The second kappa shape index (κ2) is 9.01. The first kappa shape index (κ1) is 11.9. The van der Waals surface area contributed by atoms with Crippen molar-refractivity contribution in [2.75, 3.05) is 26.3 Å². The number of ether oxygens (including phenoxy) is 1. The van der Waals surface area contributed by atoms with Crippen molar-refractivity contribution in [1.82, 2.24) is 5.32 Å². The van der Waals surface area contributed by atoms with Crippen LogP contribution < -0.4 is 5.32 Å².